The number of carbonyl (C=O) groups is 2. The summed E-state index contributed by atoms with van der Waals surface area (Å²) in [7, 11) is 0. The molecule has 3 amide bonds. The third-order valence-corrected chi connectivity index (χ3v) is 7.09. The molecule has 2 aromatic carbocycles. The molecule has 1 aliphatic carbocycles. The topological polar surface area (TPSA) is 52.7 Å². The van der Waals surface area contributed by atoms with Crippen LogP contribution in [0.4, 0.5) is 4.79 Å². The Hall–Kier alpha value is -2.66. The molecule has 156 valence electrons. The van der Waals surface area contributed by atoms with Crippen molar-refractivity contribution in [3.05, 3.63) is 71.3 Å². The summed E-state index contributed by atoms with van der Waals surface area (Å²) >= 11 is 0. The number of imide groups is 1. The van der Waals surface area contributed by atoms with Crippen LogP contribution in [0.1, 0.15) is 36.0 Å². The molecule has 0 aromatic heterocycles. The first kappa shape index (κ1) is 19.3. The maximum absolute atomic E-state index is 13.3. The van der Waals surface area contributed by atoms with E-state index in [9.17, 15) is 9.59 Å². The van der Waals surface area contributed by atoms with Gasteiger partial charge in [0, 0.05) is 19.5 Å². The third kappa shape index (κ3) is 3.63. The Labute approximate surface area is 178 Å². The Balaban J connectivity index is 1.19. The van der Waals surface area contributed by atoms with Crippen LogP contribution >= 0.6 is 0 Å². The summed E-state index contributed by atoms with van der Waals surface area (Å²) in [4.78, 5) is 29.7. The monoisotopic (exact) mass is 403 g/mol. The summed E-state index contributed by atoms with van der Waals surface area (Å²) in [6.45, 7) is 2.28. The molecule has 5 rings (SSSR count). The lowest BCUT2D eigenvalue weighted by Crippen LogP contribution is -2.52. The lowest BCUT2D eigenvalue weighted by Gasteiger charge is -2.35. The van der Waals surface area contributed by atoms with E-state index < -0.39 is 5.54 Å². The van der Waals surface area contributed by atoms with Crippen molar-refractivity contribution in [1.82, 2.24) is 15.1 Å². The first-order chi connectivity index (χ1) is 14.6. The molecule has 2 fully saturated rings. The van der Waals surface area contributed by atoms with E-state index in [1.165, 1.54) is 21.6 Å². The van der Waals surface area contributed by atoms with Gasteiger partial charge in [0.05, 0.1) is 6.67 Å². The molecule has 1 atom stereocenters. The van der Waals surface area contributed by atoms with Gasteiger partial charge >= 0.3 is 6.03 Å². The predicted molar refractivity (Wildman–Crippen MR) is 116 cm³/mol. The molecular weight excluding hydrogens is 374 g/mol. The minimum absolute atomic E-state index is 0.0478. The van der Waals surface area contributed by atoms with Gasteiger partial charge in [-0.05, 0) is 54.7 Å². The summed E-state index contributed by atoms with van der Waals surface area (Å²) < 4.78 is 0. The Bertz CT molecular complexity index is 936. The zero-order valence-electron chi connectivity index (χ0n) is 17.3. The number of nitrogens with one attached hydrogen (secondary N) is 1. The van der Waals surface area contributed by atoms with Gasteiger partial charge in [-0.15, -0.1) is 0 Å². The minimum Gasteiger partial charge on any atom is -0.323 e. The lowest BCUT2D eigenvalue weighted by molar-refractivity contribution is -0.133. The Morgan fingerprint density at radius 1 is 0.933 bits per heavy atom. The van der Waals surface area contributed by atoms with Gasteiger partial charge in [-0.2, -0.15) is 0 Å². The zero-order valence-corrected chi connectivity index (χ0v) is 17.3. The molecular formula is C25H29N3O2. The molecule has 2 saturated heterocycles. The molecule has 2 aromatic rings. The molecule has 3 aliphatic rings. The van der Waals surface area contributed by atoms with Crippen LogP contribution in [-0.4, -0.2) is 47.0 Å². The third-order valence-electron chi connectivity index (χ3n) is 7.09. The van der Waals surface area contributed by atoms with Crippen molar-refractivity contribution in [2.75, 3.05) is 19.8 Å². The molecule has 0 radical (unpaired) electrons. The van der Waals surface area contributed by atoms with Crippen LogP contribution in [0.3, 0.4) is 0 Å². The maximum Gasteiger partial charge on any atom is 0.326 e. The van der Waals surface area contributed by atoms with Gasteiger partial charge in [0.25, 0.3) is 5.91 Å². The van der Waals surface area contributed by atoms with Gasteiger partial charge in [-0.25, -0.2) is 9.69 Å². The van der Waals surface area contributed by atoms with Crippen molar-refractivity contribution in [1.29, 1.82) is 0 Å². The van der Waals surface area contributed by atoms with Crippen molar-refractivity contribution in [2.45, 2.75) is 44.1 Å². The molecule has 1 spiro atoms. The van der Waals surface area contributed by atoms with E-state index in [0.29, 0.717) is 25.4 Å². The van der Waals surface area contributed by atoms with E-state index in [-0.39, 0.29) is 11.9 Å². The molecule has 30 heavy (non-hydrogen) atoms. The number of urea groups is 1. The average Bonchev–Trinajstić information content (AvgIpc) is 2.99. The van der Waals surface area contributed by atoms with Crippen LogP contribution in [-0.2, 0) is 24.1 Å². The van der Waals surface area contributed by atoms with E-state index in [1.807, 2.05) is 12.1 Å². The van der Waals surface area contributed by atoms with Crippen molar-refractivity contribution in [3.8, 4) is 0 Å². The molecule has 2 heterocycles. The van der Waals surface area contributed by atoms with Gasteiger partial charge in [0.15, 0.2) is 0 Å². The molecule has 0 bridgehead atoms. The summed E-state index contributed by atoms with van der Waals surface area (Å²) in [6, 6.07) is 18.7. The van der Waals surface area contributed by atoms with E-state index >= 15 is 0 Å². The zero-order chi connectivity index (χ0) is 20.6. The number of benzene rings is 2. The van der Waals surface area contributed by atoms with Gasteiger partial charge in [0.1, 0.15) is 5.54 Å². The van der Waals surface area contributed by atoms with Crippen LogP contribution < -0.4 is 5.32 Å². The molecule has 0 saturated carbocycles. The van der Waals surface area contributed by atoms with Gasteiger partial charge in [-0.3, -0.25) is 9.69 Å². The number of hydrogen-bond acceptors (Lipinski definition) is 3. The maximum atomic E-state index is 13.3. The van der Waals surface area contributed by atoms with Gasteiger partial charge in [-0.1, -0.05) is 54.6 Å². The summed E-state index contributed by atoms with van der Waals surface area (Å²) in [5, 5.41) is 3.05. The number of amides is 3. The molecule has 1 unspecified atom stereocenters. The Kier molecular flexibility index (Phi) is 5.07. The number of likely N-dealkylation sites (tertiary alicyclic amines) is 1. The van der Waals surface area contributed by atoms with Gasteiger partial charge in [0.2, 0.25) is 0 Å². The first-order valence-corrected chi connectivity index (χ1v) is 11.1. The SMILES string of the molecule is O=C1NC2(CCc3ccccc3C2)C(=O)N1CN1CCC(Cc2ccccc2)CC1. The molecule has 5 heteroatoms. The fourth-order valence-corrected chi connectivity index (χ4v) is 5.31. The normalized spacial score (nSPS) is 24.9. The molecule has 1 N–H and O–H groups in total. The second kappa shape index (κ2) is 7.88. The van der Waals surface area contributed by atoms with Crippen molar-refractivity contribution < 1.29 is 9.59 Å². The van der Waals surface area contributed by atoms with Crippen molar-refractivity contribution in [3.63, 3.8) is 0 Å². The second-order valence-electron chi connectivity index (χ2n) is 9.08. The summed E-state index contributed by atoms with van der Waals surface area (Å²) in [5.41, 5.74) is 3.12. The number of rotatable bonds is 4. The standard InChI is InChI=1S/C25H29N3O2/c29-23-25(13-10-21-8-4-5-9-22(21)17-25)26-24(30)28(23)18-27-14-11-20(12-15-27)16-19-6-2-1-3-7-19/h1-9,20H,10-18H2,(H,26,30). The molecule has 5 nitrogen and oxygen atoms in total. The highest BCUT2D eigenvalue weighted by atomic mass is 16.2. The fraction of sp³-hybridized carbons (Fsp3) is 0.440. The average molecular weight is 404 g/mol. The highest BCUT2D eigenvalue weighted by Gasteiger charge is 2.52. The Morgan fingerprint density at radius 3 is 2.40 bits per heavy atom. The van der Waals surface area contributed by atoms with E-state index in [2.05, 4.69) is 52.7 Å². The van der Waals surface area contributed by atoms with Crippen LogP contribution in [0.25, 0.3) is 0 Å². The fourth-order valence-electron chi connectivity index (χ4n) is 5.31. The number of fused-ring (bicyclic) bond motifs is 1. The van der Waals surface area contributed by atoms with E-state index in [4.69, 9.17) is 0 Å². The molecule has 2 aliphatic heterocycles. The Morgan fingerprint density at radius 2 is 1.63 bits per heavy atom. The van der Waals surface area contributed by atoms with Gasteiger partial charge < -0.3 is 5.32 Å². The minimum atomic E-state index is -0.753. The largest absolute Gasteiger partial charge is 0.326 e. The van der Waals surface area contributed by atoms with E-state index in [0.717, 1.165) is 38.8 Å². The van der Waals surface area contributed by atoms with Crippen LogP contribution in [0.2, 0.25) is 0 Å². The van der Waals surface area contributed by atoms with Crippen LogP contribution in [0.5, 0.6) is 0 Å². The number of nitrogens with zero attached hydrogens (tertiary/aromatic N) is 2. The van der Waals surface area contributed by atoms with E-state index in [1.54, 1.807) is 0 Å². The van der Waals surface area contributed by atoms with Crippen molar-refractivity contribution >= 4 is 11.9 Å². The van der Waals surface area contributed by atoms with Crippen molar-refractivity contribution in [2.24, 2.45) is 5.92 Å². The number of aryl methyl sites for hydroxylation is 1. The summed E-state index contributed by atoms with van der Waals surface area (Å²) in [6.07, 6.45) is 5.45. The summed E-state index contributed by atoms with van der Waals surface area (Å²) in [5.74, 6) is 0.626. The van der Waals surface area contributed by atoms with Crippen LogP contribution in [0.15, 0.2) is 54.6 Å². The smallest absolute Gasteiger partial charge is 0.323 e. The number of carbonyl (C=O) groups excluding carboxylic acids is 2. The highest BCUT2D eigenvalue weighted by molar-refractivity contribution is 6.07. The number of piperidine rings is 1. The first-order valence-electron chi connectivity index (χ1n) is 11.1. The predicted octanol–water partition coefficient (Wildman–Crippen LogP) is 3.38. The number of hydrogen-bond donors (Lipinski definition) is 1. The highest BCUT2D eigenvalue weighted by Crippen LogP contribution is 2.34. The van der Waals surface area contributed by atoms with Crippen LogP contribution in [0, 0.1) is 5.92 Å². The second-order valence-corrected chi connectivity index (χ2v) is 9.08. The quantitative estimate of drug-likeness (QED) is 0.797. The lowest BCUT2D eigenvalue weighted by atomic mass is 9.78.